The van der Waals surface area contributed by atoms with Crippen molar-refractivity contribution in [1.29, 1.82) is 0 Å². The molecule has 0 spiro atoms. The van der Waals surface area contributed by atoms with Crippen molar-refractivity contribution >= 4 is 29.2 Å². The predicted octanol–water partition coefficient (Wildman–Crippen LogP) is 1.62. The third-order valence-electron chi connectivity index (χ3n) is 2.90. The first kappa shape index (κ1) is 17.1. The molecule has 1 heterocycles. The van der Waals surface area contributed by atoms with Gasteiger partial charge in [0.2, 0.25) is 5.91 Å². The summed E-state index contributed by atoms with van der Waals surface area (Å²) in [6.07, 6.45) is 3.04. The molecule has 0 fully saturated rings. The summed E-state index contributed by atoms with van der Waals surface area (Å²) >= 11 is 0. The molecule has 0 bridgehead atoms. The van der Waals surface area contributed by atoms with Crippen LogP contribution in [0.2, 0.25) is 0 Å². The van der Waals surface area contributed by atoms with Gasteiger partial charge < -0.3 is 15.4 Å². The molecule has 24 heavy (non-hydrogen) atoms. The topological polar surface area (TPSA) is 110 Å². The molecule has 0 saturated heterocycles. The lowest BCUT2D eigenvalue weighted by Crippen LogP contribution is -2.30. The number of amides is 2. The molecular formula is C16H16N4O4. The number of esters is 1. The van der Waals surface area contributed by atoms with E-state index in [0.29, 0.717) is 11.4 Å². The summed E-state index contributed by atoms with van der Waals surface area (Å²) < 4.78 is 5.04. The Morgan fingerprint density at radius 1 is 1.04 bits per heavy atom. The van der Waals surface area contributed by atoms with E-state index >= 15 is 0 Å². The molecule has 0 aliphatic rings. The van der Waals surface area contributed by atoms with Gasteiger partial charge in [-0.25, -0.2) is 9.78 Å². The fourth-order valence-corrected chi connectivity index (χ4v) is 1.76. The van der Waals surface area contributed by atoms with E-state index in [2.05, 4.69) is 20.6 Å². The van der Waals surface area contributed by atoms with Crippen molar-refractivity contribution in [1.82, 2.24) is 9.97 Å². The SMILES string of the molecule is CC(=O)Nc1ccc(NC(=O)[C@@H](C)OC(=O)c2cnccn2)cc1. The van der Waals surface area contributed by atoms with Crippen LogP contribution >= 0.6 is 0 Å². The minimum atomic E-state index is -1.01. The Morgan fingerprint density at radius 2 is 1.67 bits per heavy atom. The maximum absolute atomic E-state index is 12.0. The van der Waals surface area contributed by atoms with E-state index in [9.17, 15) is 14.4 Å². The summed E-state index contributed by atoms with van der Waals surface area (Å²) in [5.41, 5.74) is 1.15. The Labute approximate surface area is 138 Å². The van der Waals surface area contributed by atoms with Gasteiger partial charge in [0.1, 0.15) is 0 Å². The Hall–Kier alpha value is -3.29. The molecule has 0 unspecified atom stereocenters. The quantitative estimate of drug-likeness (QED) is 0.807. The van der Waals surface area contributed by atoms with E-state index in [4.69, 9.17) is 4.74 Å². The van der Waals surface area contributed by atoms with Crippen LogP contribution in [0.25, 0.3) is 0 Å². The van der Waals surface area contributed by atoms with E-state index in [1.54, 1.807) is 24.3 Å². The third kappa shape index (κ3) is 4.87. The molecule has 0 radical (unpaired) electrons. The lowest BCUT2D eigenvalue weighted by Gasteiger charge is -2.13. The fourth-order valence-electron chi connectivity index (χ4n) is 1.76. The van der Waals surface area contributed by atoms with Gasteiger partial charge in [-0.15, -0.1) is 0 Å². The van der Waals surface area contributed by atoms with Crippen molar-refractivity contribution < 1.29 is 19.1 Å². The Bertz CT molecular complexity index is 732. The summed E-state index contributed by atoms with van der Waals surface area (Å²) in [4.78, 5) is 42.4. The van der Waals surface area contributed by atoms with Crippen LogP contribution in [-0.4, -0.2) is 33.9 Å². The molecule has 0 aliphatic heterocycles. The lowest BCUT2D eigenvalue weighted by molar-refractivity contribution is -0.123. The summed E-state index contributed by atoms with van der Waals surface area (Å²) in [5, 5.41) is 5.23. The van der Waals surface area contributed by atoms with E-state index in [-0.39, 0.29) is 11.6 Å². The molecular weight excluding hydrogens is 312 g/mol. The van der Waals surface area contributed by atoms with Crippen LogP contribution in [-0.2, 0) is 14.3 Å². The van der Waals surface area contributed by atoms with Crippen molar-refractivity contribution in [3.05, 3.63) is 48.5 Å². The molecule has 124 valence electrons. The third-order valence-corrected chi connectivity index (χ3v) is 2.90. The summed E-state index contributed by atoms with van der Waals surface area (Å²) in [6, 6.07) is 6.54. The zero-order valence-corrected chi connectivity index (χ0v) is 13.1. The van der Waals surface area contributed by atoms with Crippen LogP contribution < -0.4 is 10.6 Å². The molecule has 8 nitrogen and oxygen atoms in total. The van der Waals surface area contributed by atoms with Crippen LogP contribution in [0.1, 0.15) is 24.3 Å². The molecule has 2 N–H and O–H groups in total. The van der Waals surface area contributed by atoms with Gasteiger partial charge in [-0.2, -0.15) is 0 Å². The number of hydrogen-bond donors (Lipinski definition) is 2. The first-order valence-electron chi connectivity index (χ1n) is 7.11. The second-order valence-corrected chi connectivity index (χ2v) is 4.89. The molecule has 8 heteroatoms. The first-order valence-corrected chi connectivity index (χ1v) is 7.11. The van der Waals surface area contributed by atoms with Crippen LogP contribution in [0.3, 0.4) is 0 Å². The normalized spacial score (nSPS) is 11.2. The van der Waals surface area contributed by atoms with E-state index in [1.807, 2.05) is 0 Å². The molecule has 0 saturated carbocycles. The average Bonchev–Trinajstić information content (AvgIpc) is 2.56. The number of benzene rings is 1. The maximum Gasteiger partial charge on any atom is 0.359 e. The summed E-state index contributed by atoms with van der Waals surface area (Å²) in [7, 11) is 0. The van der Waals surface area contributed by atoms with Gasteiger partial charge >= 0.3 is 5.97 Å². The molecule has 1 aromatic carbocycles. The number of carbonyl (C=O) groups excluding carboxylic acids is 3. The van der Waals surface area contributed by atoms with Gasteiger partial charge in [0.05, 0.1) is 6.20 Å². The van der Waals surface area contributed by atoms with Crippen molar-refractivity contribution in [2.75, 3.05) is 10.6 Å². The minimum absolute atomic E-state index is 0.0248. The van der Waals surface area contributed by atoms with E-state index in [0.717, 1.165) is 0 Å². The molecule has 1 aromatic heterocycles. The van der Waals surface area contributed by atoms with Crippen LogP contribution in [0, 0.1) is 0 Å². The second-order valence-electron chi connectivity index (χ2n) is 4.89. The highest BCUT2D eigenvalue weighted by Gasteiger charge is 2.19. The molecule has 2 amide bonds. The molecule has 1 atom stereocenters. The number of carbonyl (C=O) groups is 3. The largest absolute Gasteiger partial charge is 0.448 e. The van der Waals surface area contributed by atoms with Crippen LogP contribution in [0.15, 0.2) is 42.9 Å². The number of nitrogens with one attached hydrogen (secondary N) is 2. The average molecular weight is 328 g/mol. The predicted molar refractivity (Wildman–Crippen MR) is 86.3 cm³/mol. The van der Waals surface area contributed by atoms with Crippen molar-refractivity contribution in [2.24, 2.45) is 0 Å². The van der Waals surface area contributed by atoms with Gasteiger partial charge in [0, 0.05) is 30.7 Å². The molecule has 2 aromatic rings. The number of hydrogen-bond acceptors (Lipinski definition) is 6. The highest BCUT2D eigenvalue weighted by atomic mass is 16.5. The van der Waals surface area contributed by atoms with E-state index in [1.165, 1.54) is 32.4 Å². The lowest BCUT2D eigenvalue weighted by atomic mass is 10.2. The van der Waals surface area contributed by atoms with E-state index < -0.39 is 18.0 Å². The summed E-state index contributed by atoms with van der Waals surface area (Å²) in [5.74, 6) is -1.40. The Kier molecular flexibility index (Phi) is 5.56. The number of ether oxygens (including phenoxy) is 1. The number of anilines is 2. The van der Waals surface area contributed by atoms with Gasteiger partial charge in [0.25, 0.3) is 5.91 Å². The minimum Gasteiger partial charge on any atom is -0.448 e. The fraction of sp³-hybridized carbons (Fsp3) is 0.188. The smallest absolute Gasteiger partial charge is 0.359 e. The van der Waals surface area contributed by atoms with Gasteiger partial charge in [-0.3, -0.25) is 14.6 Å². The standard InChI is InChI=1S/C16H16N4O4/c1-10(24-16(23)14-9-17-7-8-18-14)15(22)20-13-5-3-12(4-6-13)19-11(2)21/h3-10H,1-2H3,(H,19,21)(H,20,22)/t10-/m1/s1. The highest BCUT2D eigenvalue weighted by molar-refractivity contribution is 5.97. The van der Waals surface area contributed by atoms with Crippen LogP contribution in [0.5, 0.6) is 0 Å². The van der Waals surface area contributed by atoms with Crippen LogP contribution in [0.4, 0.5) is 11.4 Å². The molecule has 0 aliphatic carbocycles. The second kappa shape index (κ2) is 7.82. The number of rotatable bonds is 5. The number of aromatic nitrogens is 2. The zero-order valence-electron chi connectivity index (χ0n) is 13.1. The monoisotopic (exact) mass is 328 g/mol. The van der Waals surface area contributed by atoms with Crippen molar-refractivity contribution in [3.63, 3.8) is 0 Å². The zero-order chi connectivity index (χ0) is 17.5. The molecule has 2 rings (SSSR count). The Morgan fingerprint density at radius 3 is 2.21 bits per heavy atom. The maximum atomic E-state index is 12.0. The highest BCUT2D eigenvalue weighted by Crippen LogP contribution is 2.14. The first-order chi connectivity index (χ1) is 11.5. The van der Waals surface area contributed by atoms with Gasteiger partial charge in [0.15, 0.2) is 11.8 Å². The Balaban J connectivity index is 1.91. The van der Waals surface area contributed by atoms with Crippen molar-refractivity contribution in [3.8, 4) is 0 Å². The van der Waals surface area contributed by atoms with Crippen molar-refractivity contribution in [2.45, 2.75) is 20.0 Å². The number of nitrogens with zero attached hydrogens (tertiary/aromatic N) is 2. The van der Waals surface area contributed by atoms with Gasteiger partial charge in [-0.05, 0) is 31.2 Å². The van der Waals surface area contributed by atoms with Gasteiger partial charge in [-0.1, -0.05) is 0 Å². The summed E-state index contributed by atoms with van der Waals surface area (Å²) in [6.45, 7) is 2.86.